The molecule has 3 atom stereocenters. The van der Waals surface area contributed by atoms with Gasteiger partial charge >= 0.3 is 0 Å². The summed E-state index contributed by atoms with van der Waals surface area (Å²) in [5, 5.41) is 3.46. The van der Waals surface area contributed by atoms with E-state index in [9.17, 15) is 4.79 Å². The van der Waals surface area contributed by atoms with Gasteiger partial charge in [-0.05, 0) is 37.1 Å². The van der Waals surface area contributed by atoms with Gasteiger partial charge in [-0.3, -0.25) is 9.69 Å². The van der Waals surface area contributed by atoms with E-state index in [0.29, 0.717) is 17.7 Å². The summed E-state index contributed by atoms with van der Waals surface area (Å²) >= 11 is 5.87. The summed E-state index contributed by atoms with van der Waals surface area (Å²) in [4.78, 5) is 14.3. The van der Waals surface area contributed by atoms with Crippen LogP contribution in [0.2, 0.25) is 5.02 Å². The number of rotatable bonds is 5. The summed E-state index contributed by atoms with van der Waals surface area (Å²) < 4.78 is 11.6. The van der Waals surface area contributed by atoms with E-state index in [1.54, 1.807) is 7.05 Å². The van der Waals surface area contributed by atoms with Crippen molar-refractivity contribution in [2.45, 2.75) is 25.0 Å². The SMILES string of the molecule is CNC(=O)[C@H]1C[C@H]2OCC[C@H]2N(CCOc2ccc(Cl)cc2)C1. The van der Waals surface area contributed by atoms with Crippen LogP contribution in [0.1, 0.15) is 12.8 Å². The Hall–Kier alpha value is -1.30. The Morgan fingerprint density at radius 2 is 2.22 bits per heavy atom. The summed E-state index contributed by atoms with van der Waals surface area (Å²) in [7, 11) is 1.69. The Bertz CT molecular complexity index is 537. The topological polar surface area (TPSA) is 50.8 Å². The summed E-state index contributed by atoms with van der Waals surface area (Å²) in [6.45, 7) is 2.94. The van der Waals surface area contributed by atoms with Crippen LogP contribution >= 0.6 is 11.6 Å². The molecule has 1 N–H and O–H groups in total. The summed E-state index contributed by atoms with van der Waals surface area (Å²) in [6, 6.07) is 7.78. The van der Waals surface area contributed by atoms with Crippen LogP contribution in [-0.4, -0.2) is 56.3 Å². The van der Waals surface area contributed by atoms with E-state index in [0.717, 1.165) is 38.3 Å². The minimum Gasteiger partial charge on any atom is -0.492 e. The van der Waals surface area contributed by atoms with E-state index in [2.05, 4.69) is 10.2 Å². The number of fused-ring (bicyclic) bond motifs is 1. The molecular weight excluding hydrogens is 316 g/mol. The van der Waals surface area contributed by atoms with Crippen molar-refractivity contribution in [3.05, 3.63) is 29.3 Å². The molecule has 1 aromatic rings. The van der Waals surface area contributed by atoms with Gasteiger partial charge in [0, 0.05) is 37.8 Å². The van der Waals surface area contributed by atoms with Crippen molar-refractivity contribution in [2.75, 3.05) is 33.4 Å². The number of nitrogens with zero attached hydrogens (tertiary/aromatic N) is 1. The van der Waals surface area contributed by atoms with Crippen molar-refractivity contribution in [1.29, 1.82) is 0 Å². The lowest BCUT2D eigenvalue weighted by atomic mass is 9.89. The molecule has 23 heavy (non-hydrogen) atoms. The second-order valence-electron chi connectivity index (χ2n) is 6.11. The molecular formula is C17H23ClN2O3. The van der Waals surface area contributed by atoms with Gasteiger partial charge in [-0.2, -0.15) is 0 Å². The number of likely N-dealkylation sites (tertiary alicyclic amines) is 1. The number of amides is 1. The average molecular weight is 339 g/mol. The molecule has 5 nitrogen and oxygen atoms in total. The molecule has 6 heteroatoms. The highest BCUT2D eigenvalue weighted by Crippen LogP contribution is 2.31. The van der Waals surface area contributed by atoms with Gasteiger partial charge in [0.15, 0.2) is 0 Å². The van der Waals surface area contributed by atoms with Crippen LogP contribution in [0.4, 0.5) is 0 Å². The number of benzene rings is 1. The van der Waals surface area contributed by atoms with Gasteiger partial charge in [-0.25, -0.2) is 0 Å². The Kier molecular flexibility index (Phi) is 5.41. The molecule has 0 unspecified atom stereocenters. The highest BCUT2D eigenvalue weighted by Gasteiger charge is 2.41. The Balaban J connectivity index is 1.56. The van der Waals surface area contributed by atoms with Gasteiger partial charge in [0.1, 0.15) is 12.4 Å². The predicted octanol–water partition coefficient (Wildman–Crippen LogP) is 1.94. The molecule has 2 fully saturated rings. The van der Waals surface area contributed by atoms with Crippen molar-refractivity contribution in [2.24, 2.45) is 5.92 Å². The quantitative estimate of drug-likeness (QED) is 0.891. The standard InChI is InChI=1S/C17H23ClN2O3/c1-19-17(21)12-10-16-15(6-8-23-16)20(11-12)7-9-22-14-4-2-13(18)3-5-14/h2-5,12,15-16H,6-11H2,1H3,(H,19,21)/t12-,15+,16+/m0/s1. The smallest absolute Gasteiger partial charge is 0.224 e. The monoisotopic (exact) mass is 338 g/mol. The third kappa shape index (κ3) is 3.97. The largest absolute Gasteiger partial charge is 0.492 e. The highest BCUT2D eigenvalue weighted by molar-refractivity contribution is 6.30. The van der Waals surface area contributed by atoms with Crippen LogP contribution in [0, 0.1) is 5.92 Å². The Morgan fingerprint density at radius 3 is 2.96 bits per heavy atom. The summed E-state index contributed by atoms with van der Waals surface area (Å²) in [5.74, 6) is 0.908. The molecule has 1 aromatic carbocycles. The molecule has 2 aliphatic rings. The van der Waals surface area contributed by atoms with Gasteiger partial charge in [-0.1, -0.05) is 11.6 Å². The molecule has 0 aromatic heterocycles. The number of nitrogens with one attached hydrogen (secondary N) is 1. The van der Waals surface area contributed by atoms with Gasteiger partial charge in [0.2, 0.25) is 5.91 Å². The summed E-state index contributed by atoms with van der Waals surface area (Å²) in [6.07, 6.45) is 2.02. The first-order valence-corrected chi connectivity index (χ1v) is 8.51. The highest BCUT2D eigenvalue weighted by atomic mass is 35.5. The number of carbonyl (C=O) groups is 1. The van der Waals surface area contributed by atoms with Crippen molar-refractivity contribution >= 4 is 17.5 Å². The maximum absolute atomic E-state index is 12.0. The molecule has 0 saturated carbocycles. The second kappa shape index (κ2) is 7.51. The van der Waals surface area contributed by atoms with E-state index in [-0.39, 0.29) is 17.9 Å². The van der Waals surface area contributed by atoms with E-state index < -0.39 is 0 Å². The van der Waals surface area contributed by atoms with Crippen molar-refractivity contribution < 1.29 is 14.3 Å². The fourth-order valence-corrected chi connectivity index (χ4v) is 3.64. The number of hydrogen-bond donors (Lipinski definition) is 1. The van der Waals surface area contributed by atoms with E-state index in [1.165, 1.54) is 0 Å². The fraction of sp³-hybridized carbons (Fsp3) is 0.588. The van der Waals surface area contributed by atoms with Gasteiger partial charge in [-0.15, -0.1) is 0 Å². The maximum atomic E-state index is 12.0. The Labute approximate surface area is 141 Å². The van der Waals surface area contributed by atoms with Crippen LogP contribution in [0.5, 0.6) is 5.75 Å². The molecule has 126 valence electrons. The number of hydrogen-bond acceptors (Lipinski definition) is 4. The van der Waals surface area contributed by atoms with Gasteiger partial charge < -0.3 is 14.8 Å². The minimum atomic E-state index is -0.00474. The zero-order valence-electron chi connectivity index (χ0n) is 13.3. The maximum Gasteiger partial charge on any atom is 0.224 e. The molecule has 2 aliphatic heterocycles. The first-order valence-electron chi connectivity index (χ1n) is 8.13. The molecule has 1 amide bonds. The lowest BCUT2D eigenvalue weighted by Gasteiger charge is -2.40. The van der Waals surface area contributed by atoms with Crippen LogP contribution in [0.25, 0.3) is 0 Å². The number of halogens is 1. The first-order chi connectivity index (χ1) is 11.2. The molecule has 0 aliphatic carbocycles. The zero-order chi connectivity index (χ0) is 16.2. The first kappa shape index (κ1) is 16.6. The number of carbonyl (C=O) groups excluding carboxylic acids is 1. The van der Waals surface area contributed by atoms with Gasteiger partial charge in [0.05, 0.1) is 12.0 Å². The zero-order valence-corrected chi connectivity index (χ0v) is 14.1. The predicted molar refractivity (Wildman–Crippen MR) is 88.8 cm³/mol. The second-order valence-corrected chi connectivity index (χ2v) is 6.55. The molecule has 0 spiro atoms. The Morgan fingerprint density at radius 1 is 1.43 bits per heavy atom. The summed E-state index contributed by atoms with van der Waals surface area (Å²) in [5.41, 5.74) is 0. The fourth-order valence-electron chi connectivity index (χ4n) is 3.52. The van der Waals surface area contributed by atoms with Crippen molar-refractivity contribution in [3.8, 4) is 5.75 Å². The molecule has 0 bridgehead atoms. The number of ether oxygens (including phenoxy) is 2. The lowest BCUT2D eigenvalue weighted by molar-refractivity contribution is -0.129. The number of piperidine rings is 1. The third-order valence-electron chi connectivity index (χ3n) is 4.69. The molecule has 0 radical (unpaired) electrons. The normalized spacial score (nSPS) is 27.5. The van der Waals surface area contributed by atoms with Crippen molar-refractivity contribution in [1.82, 2.24) is 10.2 Å². The van der Waals surface area contributed by atoms with E-state index >= 15 is 0 Å². The van der Waals surface area contributed by atoms with E-state index in [4.69, 9.17) is 21.1 Å². The molecule has 2 heterocycles. The van der Waals surface area contributed by atoms with E-state index in [1.807, 2.05) is 24.3 Å². The van der Waals surface area contributed by atoms with Crippen LogP contribution in [0.15, 0.2) is 24.3 Å². The molecule has 3 rings (SSSR count). The van der Waals surface area contributed by atoms with Crippen LogP contribution < -0.4 is 10.1 Å². The third-order valence-corrected chi connectivity index (χ3v) is 4.95. The average Bonchev–Trinajstić information content (AvgIpc) is 3.04. The van der Waals surface area contributed by atoms with Crippen molar-refractivity contribution in [3.63, 3.8) is 0 Å². The molecule has 2 saturated heterocycles. The lowest BCUT2D eigenvalue weighted by Crippen LogP contribution is -2.53. The van der Waals surface area contributed by atoms with Crippen LogP contribution in [-0.2, 0) is 9.53 Å². The van der Waals surface area contributed by atoms with Crippen LogP contribution in [0.3, 0.4) is 0 Å². The van der Waals surface area contributed by atoms with Gasteiger partial charge in [0.25, 0.3) is 0 Å². The minimum absolute atomic E-state index is 0.00474.